The van der Waals surface area contributed by atoms with E-state index in [9.17, 15) is 23.3 Å². The van der Waals surface area contributed by atoms with E-state index in [1.165, 1.54) is 22.5 Å². The van der Waals surface area contributed by atoms with Gasteiger partial charge in [0.1, 0.15) is 5.69 Å². The molecule has 1 aliphatic rings. The van der Waals surface area contributed by atoms with E-state index in [0.717, 1.165) is 40.2 Å². The lowest BCUT2D eigenvalue weighted by Crippen LogP contribution is -2.34. The highest BCUT2D eigenvalue weighted by Gasteiger charge is 2.29. The second-order valence-corrected chi connectivity index (χ2v) is 15.5. The van der Waals surface area contributed by atoms with Crippen LogP contribution in [0.1, 0.15) is 30.9 Å². The van der Waals surface area contributed by atoms with Crippen molar-refractivity contribution in [1.82, 2.24) is 9.21 Å². The largest absolute Gasteiger partial charge is 0.376 e. The number of thioether (sulfide) groups is 1. The van der Waals surface area contributed by atoms with Gasteiger partial charge in [0.05, 0.1) is 16.4 Å². The molecule has 1 heterocycles. The molecule has 1 atom stereocenters. The van der Waals surface area contributed by atoms with Gasteiger partial charge in [-0.3, -0.25) is 14.9 Å². The topological polar surface area (TPSA) is 116 Å². The minimum atomic E-state index is -3.99. The number of nitro benzene ring substituents is 1. The first-order chi connectivity index (χ1) is 24.0. The summed E-state index contributed by atoms with van der Waals surface area (Å²) in [6.07, 6.45) is 3.11. The third-order valence-corrected chi connectivity index (χ3v) is 11.6. The fourth-order valence-corrected chi connectivity index (χ4v) is 8.17. The van der Waals surface area contributed by atoms with Crippen molar-refractivity contribution in [1.29, 1.82) is 0 Å². The van der Waals surface area contributed by atoms with E-state index in [1.54, 1.807) is 23.6 Å². The van der Waals surface area contributed by atoms with E-state index in [4.69, 9.17) is 0 Å². The number of carbonyl (C=O) groups is 1. The van der Waals surface area contributed by atoms with Crippen LogP contribution in [0.3, 0.4) is 0 Å². The van der Waals surface area contributed by atoms with Crippen LogP contribution in [0.15, 0.2) is 119 Å². The Labute approximate surface area is 299 Å². The van der Waals surface area contributed by atoms with Crippen molar-refractivity contribution in [2.24, 2.45) is 0 Å². The van der Waals surface area contributed by atoms with Crippen LogP contribution < -0.4 is 10.2 Å². The second kappa shape index (κ2) is 16.9. The Hall–Kier alpha value is -4.49. The summed E-state index contributed by atoms with van der Waals surface area (Å²) in [6, 6.07) is 31.5. The summed E-state index contributed by atoms with van der Waals surface area (Å²) in [6.45, 7) is 3.17. The Morgan fingerprint density at radius 2 is 1.66 bits per heavy atom. The minimum absolute atomic E-state index is 0.0606. The third-order valence-electron chi connectivity index (χ3n) is 8.57. The van der Waals surface area contributed by atoms with E-state index in [1.807, 2.05) is 105 Å². The molecule has 50 heavy (non-hydrogen) atoms. The number of anilines is 2. The summed E-state index contributed by atoms with van der Waals surface area (Å²) in [5, 5.41) is 15.5. The van der Waals surface area contributed by atoms with Crippen molar-refractivity contribution >= 4 is 50.3 Å². The van der Waals surface area contributed by atoms with Crippen LogP contribution in [0.5, 0.6) is 0 Å². The van der Waals surface area contributed by atoms with E-state index < -0.39 is 14.9 Å². The molecule has 5 rings (SSSR count). The fraction of sp³-hybridized carbons (Fsp3) is 0.289. The fourth-order valence-electron chi connectivity index (χ4n) is 5.78. The maximum absolute atomic E-state index is 13.7. The molecule has 4 aromatic carbocycles. The lowest BCUT2D eigenvalue weighted by Gasteiger charge is -2.27. The maximum Gasteiger partial charge on any atom is 0.293 e. The average molecular weight is 714 g/mol. The van der Waals surface area contributed by atoms with Crippen LogP contribution in [0.4, 0.5) is 17.1 Å². The van der Waals surface area contributed by atoms with Crippen molar-refractivity contribution in [3.63, 3.8) is 0 Å². The van der Waals surface area contributed by atoms with Crippen LogP contribution in [0.25, 0.3) is 5.57 Å². The highest BCUT2D eigenvalue weighted by Crippen LogP contribution is 2.33. The van der Waals surface area contributed by atoms with Crippen molar-refractivity contribution in [3.8, 4) is 0 Å². The molecule has 10 nitrogen and oxygen atoms in total. The van der Waals surface area contributed by atoms with Crippen molar-refractivity contribution in [3.05, 3.63) is 130 Å². The van der Waals surface area contributed by atoms with Gasteiger partial charge >= 0.3 is 0 Å². The van der Waals surface area contributed by atoms with Gasteiger partial charge in [0, 0.05) is 48.5 Å². The zero-order valence-electron chi connectivity index (χ0n) is 28.6. The first kappa shape index (κ1) is 36.8. The molecular weight excluding hydrogens is 671 g/mol. The first-order valence-corrected chi connectivity index (χ1v) is 18.9. The second-order valence-electron chi connectivity index (χ2n) is 12.5. The summed E-state index contributed by atoms with van der Waals surface area (Å²) >= 11 is 1.67. The standard InChI is InChI=1S/C38H43N5O5S2/c1-29(44)42(27-30-10-6-4-7-11-30)34-16-14-31(15-17-34)32-20-24-41(25-21-32)50(47,48)36-18-19-37(38(26-36)43(45)46)39-33(22-23-40(2)3)28-49-35-12-8-5-9-13-35/h4-20,26,33,39H,21-25,27-28H2,1-3H3/t33-/m1/s1. The quantitative estimate of drug-likeness (QED) is 0.0785. The van der Waals surface area contributed by atoms with Crippen molar-refractivity contribution in [2.45, 2.75) is 42.1 Å². The molecule has 262 valence electrons. The molecule has 1 aliphatic heterocycles. The zero-order chi connectivity index (χ0) is 35.7. The summed E-state index contributed by atoms with van der Waals surface area (Å²) < 4.78 is 28.8. The normalized spacial score (nSPS) is 14.2. The predicted molar refractivity (Wildman–Crippen MR) is 202 cm³/mol. The van der Waals surface area contributed by atoms with Crippen LogP contribution in [-0.2, 0) is 21.4 Å². The van der Waals surface area contributed by atoms with Crippen LogP contribution in [0.2, 0.25) is 0 Å². The summed E-state index contributed by atoms with van der Waals surface area (Å²) in [5.41, 5.74) is 3.79. The van der Waals surface area contributed by atoms with Gasteiger partial charge in [0.15, 0.2) is 0 Å². The number of hydrogen-bond donors (Lipinski definition) is 1. The molecule has 0 fully saturated rings. The molecule has 12 heteroatoms. The Morgan fingerprint density at radius 3 is 2.26 bits per heavy atom. The number of hydrogen-bond acceptors (Lipinski definition) is 8. The molecule has 4 aromatic rings. The number of nitrogens with zero attached hydrogens (tertiary/aromatic N) is 4. The number of carbonyl (C=O) groups excluding carboxylic acids is 1. The third kappa shape index (κ3) is 9.60. The van der Waals surface area contributed by atoms with Gasteiger partial charge in [-0.1, -0.05) is 66.7 Å². The molecule has 1 N–H and O–H groups in total. The number of rotatable bonds is 15. The molecule has 0 bridgehead atoms. The van der Waals surface area contributed by atoms with Crippen LogP contribution in [-0.4, -0.2) is 74.0 Å². The molecule has 0 spiro atoms. The minimum Gasteiger partial charge on any atom is -0.376 e. The Kier molecular flexibility index (Phi) is 12.5. The number of sulfonamides is 1. The zero-order valence-corrected chi connectivity index (χ0v) is 30.2. The lowest BCUT2D eigenvalue weighted by molar-refractivity contribution is -0.384. The van der Waals surface area contributed by atoms with Gasteiger partial charge in [0.2, 0.25) is 15.9 Å². The average Bonchev–Trinajstić information content (AvgIpc) is 3.12. The highest BCUT2D eigenvalue weighted by atomic mass is 32.2. The van der Waals surface area contributed by atoms with Gasteiger partial charge < -0.3 is 15.1 Å². The molecular formula is C38H43N5O5S2. The maximum atomic E-state index is 13.7. The van der Waals surface area contributed by atoms with Gasteiger partial charge in [-0.25, -0.2) is 8.42 Å². The Bertz CT molecular complexity index is 1900. The first-order valence-electron chi connectivity index (χ1n) is 16.5. The number of nitro groups is 1. The SMILES string of the molecule is CC(=O)N(Cc1ccccc1)c1ccc(C2=CCN(S(=O)(=O)c3ccc(N[C@H](CCN(C)C)CSc4ccccc4)c([N+](=O)[O-])c3)CC2)cc1. The summed E-state index contributed by atoms with van der Waals surface area (Å²) in [7, 11) is -0.0296. The van der Waals surface area contributed by atoms with Crippen LogP contribution in [0, 0.1) is 10.1 Å². The Balaban J connectivity index is 1.28. The van der Waals surface area contributed by atoms with Crippen molar-refractivity contribution < 1.29 is 18.1 Å². The summed E-state index contributed by atoms with van der Waals surface area (Å²) in [5.74, 6) is 0.623. The smallest absolute Gasteiger partial charge is 0.293 e. The highest BCUT2D eigenvalue weighted by molar-refractivity contribution is 7.99. The molecule has 0 radical (unpaired) electrons. The molecule has 1 amide bonds. The number of amides is 1. The van der Waals surface area contributed by atoms with Gasteiger partial charge in [-0.15, -0.1) is 11.8 Å². The van der Waals surface area contributed by atoms with E-state index in [-0.39, 0.29) is 35.6 Å². The molecule has 0 saturated heterocycles. The van der Waals surface area contributed by atoms with Gasteiger partial charge in [0.25, 0.3) is 5.69 Å². The Morgan fingerprint density at radius 1 is 0.980 bits per heavy atom. The lowest BCUT2D eigenvalue weighted by atomic mass is 10.00. The van der Waals surface area contributed by atoms with E-state index in [2.05, 4.69) is 10.2 Å². The van der Waals surface area contributed by atoms with Crippen molar-refractivity contribution in [2.75, 3.05) is 49.7 Å². The molecule has 0 aromatic heterocycles. The van der Waals surface area contributed by atoms with E-state index >= 15 is 0 Å². The molecule has 0 saturated carbocycles. The molecule has 0 aliphatic carbocycles. The number of benzene rings is 4. The van der Waals surface area contributed by atoms with Gasteiger partial charge in [-0.05, 0) is 86.6 Å². The molecule has 0 unspecified atom stereocenters. The van der Waals surface area contributed by atoms with Crippen LogP contribution >= 0.6 is 11.8 Å². The predicted octanol–water partition coefficient (Wildman–Crippen LogP) is 7.15. The van der Waals surface area contributed by atoms with Gasteiger partial charge in [-0.2, -0.15) is 4.31 Å². The number of nitrogens with one attached hydrogen (secondary N) is 1. The summed E-state index contributed by atoms with van der Waals surface area (Å²) in [4.78, 5) is 28.9. The van der Waals surface area contributed by atoms with E-state index in [0.29, 0.717) is 24.4 Å². The monoisotopic (exact) mass is 713 g/mol.